The number of nitrogens with one attached hydrogen (secondary N) is 1. The number of unbranched alkanes of at least 4 members (excludes halogenated alkanes) is 25. The van der Waals surface area contributed by atoms with E-state index < -0.39 is 67.4 Å². The Morgan fingerprint density at radius 3 is 1.62 bits per heavy atom. The summed E-state index contributed by atoms with van der Waals surface area (Å²) in [4.78, 5) is 26.5. The lowest BCUT2D eigenvalue weighted by atomic mass is 9.99. The lowest BCUT2D eigenvalue weighted by Gasteiger charge is -2.41. The van der Waals surface area contributed by atoms with Crippen molar-refractivity contribution in [3.63, 3.8) is 0 Å². The zero-order valence-electron chi connectivity index (χ0n) is 46.2. The second-order valence-corrected chi connectivity index (χ2v) is 20.1. The van der Waals surface area contributed by atoms with E-state index in [4.69, 9.17) is 14.2 Å². The SMILES string of the molecule is CC/C=C/C=C/C=C/C=C\CCCCCCCC(=O)OC1C(OCC(NC(=O)C(O)CCCCCCCCCC/C=C\C/C=C\CCCCC)C(O)/C=C/CCCCCCCCCCC)OC(CO)C(O)C1O. The monoisotopic (exact) mass is 1030 g/mol. The molecule has 11 heteroatoms. The summed E-state index contributed by atoms with van der Waals surface area (Å²) in [6, 6.07) is -1.03. The molecule has 1 heterocycles. The molecule has 8 unspecified atom stereocenters. The van der Waals surface area contributed by atoms with Crippen molar-refractivity contribution in [1.82, 2.24) is 5.32 Å². The number of ether oxygens (including phenoxy) is 3. The maximum atomic E-state index is 13.4. The molecule has 0 aromatic carbocycles. The number of allylic oxidation sites excluding steroid dienone is 13. The summed E-state index contributed by atoms with van der Waals surface area (Å²) in [6.07, 6.45) is 53.3. The van der Waals surface area contributed by atoms with E-state index in [-0.39, 0.29) is 19.4 Å². The van der Waals surface area contributed by atoms with Gasteiger partial charge in [-0.05, 0) is 77.0 Å². The molecule has 1 rings (SSSR count). The lowest BCUT2D eigenvalue weighted by molar-refractivity contribution is -0.305. The first-order valence-electron chi connectivity index (χ1n) is 29.4. The minimum atomic E-state index is -1.63. The number of rotatable bonds is 48. The van der Waals surface area contributed by atoms with Gasteiger partial charge in [-0.25, -0.2) is 0 Å². The summed E-state index contributed by atoms with van der Waals surface area (Å²) in [5, 5.41) is 56.8. The van der Waals surface area contributed by atoms with E-state index in [1.54, 1.807) is 6.08 Å². The van der Waals surface area contributed by atoms with Gasteiger partial charge in [0.2, 0.25) is 5.91 Å². The molecule has 1 amide bonds. The van der Waals surface area contributed by atoms with Crippen LogP contribution >= 0.6 is 0 Å². The molecule has 0 aliphatic carbocycles. The molecule has 0 aromatic rings. The molecule has 1 saturated heterocycles. The van der Waals surface area contributed by atoms with Crippen molar-refractivity contribution >= 4 is 11.9 Å². The highest BCUT2D eigenvalue weighted by molar-refractivity contribution is 5.80. The molecule has 73 heavy (non-hydrogen) atoms. The van der Waals surface area contributed by atoms with Crippen molar-refractivity contribution in [2.45, 2.75) is 282 Å². The summed E-state index contributed by atoms with van der Waals surface area (Å²) in [6.45, 7) is 5.59. The molecule has 11 nitrogen and oxygen atoms in total. The zero-order valence-corrected chi connectivity index (χ0v) is 46.2. The Morgan fingerprint density at radius 2 is 1.04 bits per heavy atom. The van der Waals surface area contributed by atoms with Crippen LogP contribution in [0.1, 0.15) is 233 Å². The van der Waals surface area contributed by atoms with Gasteiger partial charge < -0.3 is 45.1 Å². The second-order valence-electron chi connectivity index (χ2n) is 20.1. The molecule has 420 valence electrons. The highest BCUT2D eigenvalue weighted by Crippen LogP contribution is 2.26. The number of amides is 1. The van der Waals surface area contributed by atoms with Crippen molar-refractivity contribution in [3.05, 3.63) is 85.1 Å². The minimum absolute atomic E-state index is 0.0933. The van der Waals surface area contributed by atoms with Crippen LogP contribution < -0.4 is 5.32 Å². The van der Waals surface area contributed by atoms with Gasteiger partial charge in [0.15, 0.2) is 12.4 Å². The average molecular weight is 1030 g/mol. The Hall–Kier alpha value is -3.16. The maximum absolute atomic E-state index is 13.4. The number of aliphatic hydroxyl groups is 5. The topological polar surface area (TPSA) is 175 Å². The quantitative estimate of drug-likeness (QED) is 0.0149. The Labute approximate surface area is 444 Å². The Morgan fingerprint density at radius 1 is 0.562 bits per heavy atom. The molecule has 6 N–H and O–H groups in total. The molecule has 0 saturated carbocycles. The summed E-state index contributed by atoms with van der Waals surface area (Å²) in [5.41, 5.74) is 0. The third-order valence-electron chi connectivity index (χ3n) is 13.4. The summed E-state index contributed by atoms with van der Waals surface area (Å²) < 4.78 is 17.5. The summed E-state index contributed by atoms with van der Waals surface area (Å²) in [5.74, 6) is -1.23. The predicted octanol–water partition coefficient (Wildman–Crippen LogP) is 13.4. The van der Waals surface area contributed by atoms with Gasteiger partial charge in [-0.3, -0.25) is 9.59 Å². The van der Waals surface area contributed by atoms with Gasteiger partial charge in [0.1, 0.15) is 24.4 Å². The van der Waals surface area contributed by atoms with E-state index in [1.165, 1.54) is 96.3 Å². The van der Waals surface area contributed by atoms with Crippen molar-refractivity contribution in [2.24, 2.45) is 0 Å². The van der Waals surface area contributed by atoms with Crippen LogP contribution in [0.4, 0.5) is 0 Å². The first-order valence-corrected chi connectivity index (χ1v) is 29.4. The van der Waals surface area contributed by atoms with E-state index in [0.717, 1.165) is 89.9 Å². The van der Waals surface area contributed by atoms with Crippen LogP contribution in [-0.4, -0.2) is 99.6 Å². The highest BCUT2D eigenvalue weighted by Gasteiger charge is 2.47. The molecule has 1 aliphatic rings. The van der Waals surface area contributed by atoms with Gasteiger partial charge in [0, 0.05) is 6.42 Å². The molecule has 1 fully saturated rings. The first-order chi connectivity index (χ1) is 35.7. The molecule has 8 atom stereocenters. The van der Waals surface area contributed by atoms with Crippen molar-refractivity contribution in [2.75, 3.05) is 13.2 Å². The van der Waals surface area contributed by atoms with Gasteiger partial charge in [0.05, 0.1) is 25.4 Å². The van der Waals surface area contributed by atoms with Crippen LogP contribution in [0.2, 0.25) is 0 Å². The van der Waals surface area contributed by atoms with Crippen molar-refractivity contribution in [1.29, 1.82) is 0 Å². The number of carbonyl (C=O) groups is 2. The van der Waals surface area contributed by atoms with Gasteiger partial charge in [-0.15, -0.1) is 0 Å². The third-order valence-corrected chi connectivity index (χ3v) is 13.4. The third kappa shape index (κ3) is 38.1. The van der Waals surface area contributed by atoms with Gasteiger partial charge in [-0.1, -0.05) is 234 Å². The molecule has 0 radical (unpaired) electrons. The fourth-order valence-corrected chi connectivity index (χ4v) is 8.69. The summed E-state index contributed by atoms with van der Waals surface area (Å²) in [7, 11) is 0. The zero-order chi connectivity index (χ0) is 53.3. The molecule has 0 bridgehead atoms. The normalized spacial score (nSPS) is 20.0. The molecular formula is C62H107NO10. The van der Waals surface area contributed by atoms with Crippen LogP contribution in [0.5, 0.6) is 0 Å². The van der Waals surface area contributed by atoms with Crippen molar-refractivity contribution in [3.8, 4) is 0 Å². The lowest BCUT2D eigenvalue weighted by Crippen LogP contribution is -2.61. The highest BCUT2D eigenvalue weighted by atomic mass is 16.7. The molecule has 0 spiro atoms. The van der Waals surface area contributed by atoms with Crippen LogP contribution in [0.3, 0.4) is 0 Å². The number of hydrogen-bond acceptors (Lipinski definition) is 10. The Balaban J connectivity index is 2.72. The number of hydrogen-bond donors (Lipinski definition) is 6. The second kappa shape index (κ2) is 49.7. The number of carbonyl (C=O) groups excluding carboxylic acids is 2. The Kier molecular flexibility index (Phi) is 46.2. The molecule has 1 aliphatic heterocycles. The molecular weight excluding hydrogens is 919 g/mol. The molecule has 0 aromatic heterocycles. The van der Waals surface area contributed by atoms with E-state index in [0.29, 0.717) is 12.8 Å². The predicted molar refractivity (Wildman–Crippen MR) is 301 cm³/mol. The van der Waals surface area contributed by atoms with Crippen molar-refractivity contribution < 1.29 is 49.3 Å². The van der Waals surface area contributed by atoms with Crippen LogP contribution in [0.25, 0.3) is 0 Å². The number of aliphatic hydroxyl groups excluding tert-OH is 5. The maximum Gasteiger partial charge on any atom is 0.306 e. The van der Waals surface area contributed by atoms with E-state index >= 15 is 0 Å². The van der Waals surface area contributed by atoms with Crippen LogP contribution in [0, 0.1) is 0 Å². The largest absolute Gasteiger partial charge is 0.454 e. The number of esters is 1. The van der Waals surface area contributed by atoms with E-state index in [2.05, 4.69) is 62.5 Å². The van der Waals surface area contributed by atoms with Crippen LogP contribution in [0.15, 0.2) is 85.1 Å². The minimum Gasteiger partial charge on any atom is -0.454 e. The van der Waals surface area contributed by atoms with E-state index in [9.17, 15) is 35.1 Å². The van der Waals surface area contributed by atoms with Gasteiger partial charge >= 0.3 is 5.97 Å². The van der Waals surface area contributed by atoms with Crippen LogP contribution in [-0.2, 0) is 23.8 Å². The fourth-order valence-electron chi connectivity index (χ4n) is 8.69. The standard InChI is InChI=1S/C62H107NO10/c1-4-7-10-13-16-19-22-24-26-27-28-30-31-34-37-40-43-46-49-55(66)61(70)63-53(54(65)48-45-42-39-36-33-21-18-15-12-9-6-3)52-71-62-60(59(69)58(68)56(51-64)72-62)73-57(67)50-47-44-41-38-35-32-29-25-23-20-17-14-11-8-5-2/h8,11,14,16-17,19-20,23-26,29,45,48,53-56,58-60,62,64-66,68-69H,4-7,9-10,12-13,15,18,21-22,27-28,30-44,46-47,49-52H2,1-3H3,(H,63,70)/b11-8+,17-14+,19-16-,23-20+,26-24-,29-25-,48-45+. The van der Waals surface area contributed by atoms with Gasteiger partial charge in [0.25, 0.3) is 0 Å². The smallest absolute Gasteiger partial charge is 0.306 e. The fraction of sp³-hybridized carbons (Fsp3) is 0.742. The first kappa shape index (κ1) is 67.9. The van der Waals surface area contributed by atoms with E-state index in [1.807, 2.05) is 42.5 Å². The van der Waals surface area contributed by atoms with Gasteiger partial charge in [-0.2, -0.15) is 0 Å². The Bertz CT molecular complexity index is 1510. The average Bonchev–Trinajstić information content (AvgIpc) is 3.39. The summed E-state index contributed by atoms with van der Waals surface area (Å²) >= 11 is 0.